The number of benzene rings is 2. The van der Waals surface area contributed by atoms with Crippen molar-refractivity contribution in [3.63, 3.8) is 0 Å². The zero-order valence-corrected chi connectivity index (χ0v) is 13.0. The largest absolute Gasteiger partial charge is 0.464 e. The molecule has 110 valence electrons. The van der Waals surface area contributed by atoms with Gasteiger partial charge in [-0.25, -0.2) is 4.98 Å². The normalized spacial score (nSPS) is 11.5. The zero-order valence-electron chi connectivity index (χ0n) is 12.1. The number of aromatic nitrogens is 2. The molecule has 0 spiro atoms. The number of thiazole rings is 1. The molecule has 0 N–H and O–H groups in total. The molecule has 3 aromatic heterocycles. The molecule has 0 atom stereocenters. The number of furan rings is 1. The summed E-state index contributed by atoms with van der Waals surface area (Å²) in [6, 6.07) is 20.6. The molecule has 0 bridgehead atoms. The highest BCUT2D eigenvalue weighted by Crippen LogP contribution is 2.30. The lowest BCUT2D eigenvalue weighted by atomic mass is 10.1. The molecular formula is C19H12N2OS. The van der Waals surface area contributed by atoms with Gasteiger partial charge in [0.25, 0.3) is 0 Å². The molecule has 0 aliphatic rings. The van der Waals surface area contributed by atoms with Gasteiger partial charge in [-0.1, -0.05) is 47.7 Å². The fourth-order valence-electron chi connectivity index (χ4n) is 2.84. The average molecular weight is 316 g/mol. The first-order valence-corrected chi connectivity index (χ1v) is 8.21. The predicted octanol–water partition coefficient (Wildman–Crippen LogP) is 5.48. The van der Waals surface area contributed by atoms with Gasteiger partial charge < -0.3 is 4.42 Å². The fraction of sp³-hybridized carbons (Fsp3) is 0. The molecule has 0 radical (unpaired) electrons. The van der Waals surface area contributed by atoms with Crippen molar-refractivity contribution in [2.75, 3.05) is 0 Å². The van der Waals surface area contributed by atoms with Gasteiger partial charge in [0.05, 0.1) is 22.2 Å². The highest BCUT2D eigenvalue weighted by Gasteiger charge is 2.10. The number of para-hydroxylation sites is 1. The van der Waals surface area contributed by atoms with Crippen LogP contribution in [0.15, 0.2) is 77.5 Å². The molecule has 2 aromatic carbocycles. The minimum Gasteiger partial charge on any atom is -0.464 e. The Morgan fingerprint density at radius 2 is 1.70 bits per heavy atom. The number of hydrogen-bond donors (Lipinski definition) is 0. The second kappa shape index (κ2) is 4.83. The fourth-order valence-corrected chi connectivity index (χ4v) is 3.84. The molecule has 5 aromatic rings. The summed E-state index contributed by atoms with van der Waals surface area (Å²) in [4.78, 5) is 5.80. The second-order valence-corrected chi connectivity index (χ2v) is 6.41. The molecule has 0 aliphatic carbocycles. The first kappa shape index (κ1) is 12.7. The highest BCUT2D eigenvalue weighted by atomic mass is 32.1. The molecule has 5 rings (SSSR count). The van der Waals surface area contributed by atoms with Crippen LogP contribution in [0, 0.1) is 0 Å². The van der Waals surface area contributed by atoms with E-state index < -0.39 is 0 Å². The molecular weight excluding hydrogens is 304 g/mol. The summed E-state index contributed by atoms with van der Waals surface area (Å²) in [5.41, 5.74) is 4.39. The van der Waals surface area contributed by atoms with E-state index in [2.05, 4.69) is 59.1 Å². The Hall–Kier alpha value is -2.85. The third kappa shape index (κ3) is 1.99. The van der Waals surface area contributed by atoms with Crippen LogP contribution in [0.4, 0.5) is 0 Å². The van der Waals surface area contributed by atoms with Gasteiger partial charge in [-0.3, -0.25) is 4.40 Å². The van der Waals surface area contributed by atoms with Gasteiger partial charge in [-0.05, 0) is 24.3 Å². The summed E-state index contributed by atoms with van der Waals surface area (Å²) in [6.07, 6.45) is 3.80. The molecule has 0 fully saturated rings. The summed E-state index contributed by atoms with van der Waals surface area (Å²) in [7, 11) is 0. The summed E-state index contributed by atoms with van der Waals surface area (Å²) in [5, 5.41) is 0. The SMILES string of the molecule is c1coc(-c2ccc(-c3cn4c(n3)sc3ccccc34)cc2)c1. The van der Waals surface area contributed by atoms with Crippen LogP contribution in [-0.2, 0) is 0 Å². The molecule has 0 aliphatic heterocycles. The summed E-state index contributed by atoms with van der Waals surface area (Å²) in [5.74, 6) is 0.883. The van der Waals surface area contributed by atoms with Crippen molar-refractivity contribution >= 4 is 26.5 Å². The van der Waals surface area contributed by atoms with E-state index in [1.54, 1.807) is 17.6 Å². The Labute approximate surface area is 136 Å². The maximum absolute atomic E-state index is 5.43. The number of nitrogens with zero attached hydrogens (tertiary/aromatic N) is 2. The van der Waals surface area contributed by atoms with Crippen molar-refractivity contribution in [3.8, 4) is 22.6 Å². The minimum atomic E-state index is 0.883. The van der Waals surface area contributed by atoms with Crippen molar-refractivity contribution in [1.82, 2.24) is 9.38 Å². The maximum atomic E-state index is 5.43. The Bertz CT molecular complexity index is 1100. The quantitative estimate of drug-likeness (QED) is 0.432. The van der Waals surface area contributed by atoms with Crippen LogP contribution in [0.3, 0.4) is 0 Å². The van der Waals surface area contributed by atoms with Gasteiger partial charge in [-0.2, -0.15) is 0 Å². The van der Waals surface area contributed by atoms with Crippen molar-refractivity contribution in [1.29, 1.82) is 0 Å². The first-order chi connectivity index (χ1) is 11.4. The molecule has 23 heavy (non-hydrogen) atoms. The predicted molar refractivity (Wildman–Crippen MR) is 93.7 cm³/mol. The molecule has 3 nitrogen and oxygen atoms in total. The zero-order chi connectivity index (χ0) is 15.2. The van der Waals surface area contributed by atoms with Crippen molar-refractivity contribution < 1.29 is 4.42 Å². The van der Waals surface area contributed by atoms with Crippen LogP contribution in [0.2, 0.25) is 0 Å². The second-order valence-electron chi connectivity index (χ2n) is 5.40. The van der Waals surface area contributed by atoms with Gasteiger partial charge in [0, 0.05) is 17.3 Å². The van der Waals surface area contributed by atoms with E-state index in [9.17, 15) is 0 Å². The summed E-state index contributed by atoms with van der Waals surface area (Å²) in [6.45, 7) is 0. The average Bonchev–Trinajstić information content (AvgIpc) is 3.31. The van der Waals surface area contributed by atoms with E-state index in [4.69, 9.17) is 9.40 Å². The third-order valence-electron chi connectivity index (χ3n) is 3.99. The third-order valence-corrected chi connectivity index (χ3v) is 5.02. The monoisotopic (exact) mass is 316 g/mol. The van der Waals surface area contributed by atoms with Gasteiger partial charge in [0.1, 0.15) is 5.76 Å². The van der Waals surface area contributed by atoms with Gasteiger partial charge in [0.2, 0.25) is 0 Å². The number of fused-ring (bicyclic) bond motifs is 3. The van der Waals surface area contributed by atoms with Crippen LogP contribution < -0.4 is 0 Å². The number of imidazole rings is 1. The summed E-state index contributed by atoms with van der Waals surface area (Å²) >= 11 is 1.72. The number of rotatable bonds is 2. The van der Waals surface area contributed by atoms with Crippen LogP contribution in [0.5, 0.6) is 0 Å². The first-order valence-electron chi connectivity index (χ1n) is 7.39. The van der Waals surface area contributed by atoms with Crippen LogP contribution in [-0.4, -0.2) is 9.38 Å². The summed E-state index contributed by atoms with van der Waals surface area (Å²) < 4.78 is 8.85. The molecule has 3 heterocycles. The lowest BCUT2D eigenvalue weighted by Gasteiger charge is -1.99. The molecule has 4 heteroatoms. The van der Waals surface area contributed by atoms with Gasteiger partial charge in [0.15, 0.2) is 4.96 Å². The van der Waals surface area contributed by atoms with Crippen LogP contribution in [0.25, 0.3) is 37.8 Å². The van der Waals surface area contributed by atoms with E-state index >= 15 is 0 Å². The van der Waals surface area contributed by atoms with E-state index in [1.807, 2.05) is 12.1 Å². The van der Waals surface area contributed by atoms with Crippen molar-refractivity contribution in [3.05, 3.63) is 73.1 Å². The molecule has 0 unspecified atom stereocenters. The van der Waals surface area contributed by atoms with E-state index in [0.29, 0.717) is 0 Å². The smallest absolute Gasteiger partial charge is 0.195 e. The van der Waals surface area contributed by atoms with E-state index in [-0.39, 0.29) is 0 Å². The van der Waals surface area contributed by atoms with E-state index in [1.165, 1.54) is 10.2 Å². The minimum absolute atomic E-state index is 0.883. The Balaban J connectivity index is 1.59. The highest BCUT2D eigenvalue weighted by molar-refractivity contribution is 7.23. The van der Waals surface area contributed by atoms with Gasteiger partial charge >= 0.3 is 0 Å². The topological polar surface area (TPSA) is 30.4 Å². The molecule has 0 saturated carbocycles. The Morgan fingerprint density at radius 3 is 2.52 bits per heavy atom. The lowest BCUT2D eigenvalue weighted by molar-refractivity contribution is 0.582. The van der Waals surface area contributed by atoms with Crippen LogP contribution in [0.1, 0.15) is 0 Å². The standard InChI is InChI=1S/C19H12N2OS/c1-2-6-18-16(4-1)21-12-15(20-19(21)23-18)13-7-9-14(10-8-13)17-5-3-11-22-17/h1-12H. The van der Waals surface area contributed by atoms with Gasteiger partial charge in [-0.15, -0.1) is 0 Å². The van der Waals surface area contributed by atoms with Crippen LogP contribution >= 0.6 is 11.3 Å². The number of hydrogen-bond acceptors (Lipinski definition) is 3. The Kier molecular flexibility index (Phi) is 2.66. The Morgan fingerprint density at radius 1 is 0.870 bits per heavy atom. The molecule has 0 saturated heterocycles. The lowest BCUT2D eigenvalue weighted by Crippen LogP contribution is -1.79. The molecule has 0 amide bonds. The maximum Gasteiger partial charge on any atom is 0.195 e. The van der Waals surface area contributed by atoms with E-state index in [0.717, 1.165) is 27.5 Å². The van der Waals surface area contributed by atoms with Crippen molar-refractivity contribution in [2.45, 2.75) is 0 Å². The van der Waals surface area contributed by atoms with Crippen molar-refractivity contribution in [2.24, 2.45) is 0 Å².